The highest BCUT2D eigenvalue weighted by Crippen LogP contribution is 2.78. The van der Waals surface area contributed by atoms with Crippen LogP contribution in [0.3, 0.4) is 0 Å². The summed E-state index contributed by atoms with van der Waals surface area (Å²) in [5.41, 5.74) is 6.51. The lowest BCUT2D eigenvalue weighted by atomic mass is 9.42. The van der Waals surface area contributed by atoms with E-state index in [9.17, 15) is 0 Å². The highest BCUT2D eigenvalue weighted by molar-refractivity contribution is 5.44. The fourth-order valence-electron chi connectivity index (χ4n) is 11.3. The second-order valence-corrected chi connectivity index (χ2v) is 14.8. The maximum absolute atomic E-state index is 4.99. The molecule has 0 radical (unpaired) electrons. The van der Waals surface area contributed by atoms with Gasteiger partial charge in [-0.15, -0.1) is 0 Å². The van der Waals surface area contributed by atoms with Gasteiger partial charge in [-0.1, -0.05) is 89.6 Å². The molecule has 0 aromatic heterocycles. The summed E-state index contributed by atoms with van der Waals surface area (Å²) in [7, 11) is 6.34. The number of fused-ring (bicyclic) bond motifs is 7. The molecular weight excluding hydrogens is 460 g/mol. The first-order chi connectivity index (χ1) is 17.9. The van der Waals surface area contributed by atoms with Crippen molar-refractivity contribution in [3.8, 4) is 0 Å². The van der Waals surface area contributed by atoms with Crippen LogP contribution in [0.15, 0.2) is 60.4 Å². The second kappa shape index (κ2) is 9.83. The van der Waals surface area contributed by atoms with Gasteiger partial charge in [-0.25, -0.2) is 5.01 Å². The van der Waals surface area contributed by atoms with E-state index in [4.69, 9.17) is 6.58 Å². The van der Waals surface area contributed by atoms with Gasteiger partial charge < -0.3 is 5.01 Å². The molecular formula is C36H56N2. The van der Waals surface area contributed by atoms with Crippen LogP contribution in [0.4, 0.5) is 0 Å². The predicted octanol–water partition coefficient (Wildman–Crippen LogP) is 9.21. The Labute approximate surface area is 235 Å². The van der Waals surface area contributed by atoms with Crippen molar-refractivity contribution < 1.29 is 0 Å². The van der Waals surface area contributed by atoms with Crippen LogP contribution in [0, 0.1) is 51.8 Å². The summed E-state index contributed by atoms with van der Waals surface area (Å²) in [5.74, 6) is 4.85. The molecule has 2 heteroatoms. The molecule has 9 atom stereocenters. The number of nitrogens with zero attached hydrogens (tertiary/aromatic N) is 2. The van der Waals surface area contributed by atoms with E-state index in [-0.39, 0.29) is 5.41 Å². The lowest BCUT2D eigenvalue weighted by molar-refractivity contribution is -0.0915. The molecule has 5 rings (SSSR count). The van der Waals surface area contributed by atoms with Crippen molar-refractivity contribution in [2.75, 3.05) is 21.1 Å². The third-order valence-electron chi connectivity index (χ3n) is 12.9. The predicted molar refractivity (Wildman–Crippen MR) is 163 cm³/mol. The van der Waals surface area contributed by atoms with Crippen LogP contribution in [-0.4, -0.2) is 31.2 Å². The van der Waals surface area contributed by atoms with Gasteiger partial charge in [0.2, 0.25) is 0 Å². The molecule has 4 fully saturated rings. The Balaban J connectivity index is 1.48. The van der Waals surface area contributed by atoms with E-state index in [0.717, 1.165) is 48.3 Å². The van der Waals surface area contributed by atoms with Crippen molar-refractivity contribution in [1.82, 2.24) is 10.0 Å². The first-order valence-corrected chi connectivity index (χ1v) is 15.7. The fourth-order valence-corrected chi connectivity index (χ4v) is 11.3. The number of allylic oxidation sites excluding steroid dienone is 7. The number of rotatable bonds is 8. The third kappa shape index (κ3) is 3.98. The van der Waals surface area contributed by atoms with Crippen molar-refractivity contribution in [3.05, 3.63) is 60.4 Å². The van der Waals surface area contributed by atoms with Crippen LogP contribution in [-0.2, 0) is 0 Å². The van der Waals surface area contributed by atoms with Gasteiger partial charge in [0.15, 0.2) is 0 Å². The summed E-state index contributed by atoms with van der Waals surface area (Å²) in [6.45, 7) is 24.0. The van der Waals surface area contributed by atoms with Crippen molar-refractivity contribution in [3.63, 3.8) is 0 Å². The van der Waals surface area contributed by atoms with E-state index in [1.165, 1.54) is 62.6 Å². The minimum absolute atomic E-state index is 0.214. The summed E-state index contributed by atoms with van der Waals surface area (Å²) in [4.78, 5) is 0. The first-order valence-electron chi connectivity index (χ1n) is 15.7. The van der Waals surface area contributed by atoms with E-state index in [1.54, 1.807) is 11.1 Å². The van der Waals surface area contributed by atoms with Crippen LogP contribution in [0.25, 0.3) is 0 Å². The van der Waals surface area contributed by atoms with Crippen LogP contribution in [0.1, 0.15) is 91.9 Å². The number of hydrazine groups is 1. The average molecular weight is 517 g/mol. The fraction of sp³-hybridized carbons (Fsp3) is 0.722. The van der Waals surface area contributed by atoms with Crippen molar-refractivity contribution in [2.24, 2.45) is 51.8 Å². The molecule has 0 spiro atoms. The SMILES string of the molecule is C=C1C=CC2(C)C(=C1)CCC1C2C(C)CC2(C)C1CC1CC(CCC)CC12C(=C)CCC(=C)N(C)N(C)C. The van der Waals surface area contributed by atoms with Gasteiger partial charge >= 0.3 is 0 Å². The van der Waals surface area contributed by atoms with Gasteiger partial charge in [-0.3, -0.25) is 0 Å². The monoisotopic (exact) mass is 516 g/mol. The van der Waals surface area contributed by atoms with Gasteiger partial charge in [0, 0.05) is 32.3 Å². The zero-order valence-electron chi connectivity index (χ0n) is 25.8. The molecule has 0 amide bonds. The molecule has 0 aromatic rings. The Morgan fingerprint density at radius 1 is 1.08 bits per heavy atom. The highest BCUT2D eigenvalue weighted by atomic mass is 15.6. The summed E-state index contributed by atoms with van der Waals surface area (Å²) in [6.07, 6.45) is 20.4. The van der Waals surface area contributed by atoms with Crippen LogP contribution in [0.2, 0.25) is 0 Å². The Kier molecular flexibility index (Phi) is 7.24. The molecule has 9 unspecified atom stereocenters. The third-order valence-corrected chi connectivity index (χ3v) is 12.9. The molecule has 0 bridgehead atoms. The quantitative estimate of drug-likeness (QED) is 0.234. The number of hydrogen-bond donors (Lipinski definition) is 0. The lowest BCUT2D eigenvalue weighted by Gasteiger charge is -2.62. The van der Waals surface area contributed by atoms with E-state index in [1.807, 2.05) is 0 Å². The number of hydrogen-bond acceptors (Lipinski definition) is 2. The molecule has 5 aliphatic rings. The van der Waals surface area contributed by atoms with Crippen molar-refractivity contribution in [2.45, 2.75) is 91.9 Å². The van der Waals surface area contributed by atoms with Gasteiger partial charge in [0.05, 0.1) is 0 Å². The van der Waals surface area contributed by atoms with Crippen molar-refractivity contribution >= 4 is 0 Å². The zero-order valence-corrected chi connectivity index (χ0v) is 25.8. The Morgan fingerprint density at radius 2 is 1.82 bits per heavy atom. The summed E-state index contributed by atoms with van der Waals surface area (Å²) >= 11 is 0. The Hall–Kier alpha value is -1.54. The maximum Gasteiger partial charge on any atom is 0.0230 e. The largest absolute Gasteiger partial charge is 0.314 e. The molecule has 0 saturated heterocycles. The van der Waals surface area contributed by atoms with E-state index in [2.05, 4.69) is 90.2 Å². The Bertz CT molecular complexity index is 1050. The average Bonchev–Trinajstić information content (AvgIpc) is 3.34. The molecule has 5 aliphatic carbocycles. The standard InChI is InChI=1S/C36H56N2/c1-11-12-28-20-30-21-32-31-16-15-29-19-24(2)17-18-34(29,6)33(31)25(3)22-35(32,7)36(30,23-28)26(4)13-14-27(5)38(10)37(8)9/h17-19,25,28,30-33H,2,4-5,11-16,20-23H2,1,3,6-10H3. The minimum atomic E-state index is 0.214. The highest BCUT2D eigenvalue weighted by Gasteiger charge is 2.70. The zero-order chi connectivity index (χ0) is 27.6. The minimum Gasteiger partial charge on any atom is -0.314 e. The molecule has 0 N–H and O–H groups in total. The molecule has 0 aliphatic heterocycles. The molecule has 0 aromatic carbocycles. The smallest absolute Gasteiger partial charge is 0.0230 e. The van der Waals surface area contributed by atoms with E-state index in [0.29, 0.717) is 10.8 Å². The topological polar surface area (TPSA) is 6.48 Å². The molecule has 4 saturated carbocycles. The van der Waals surface area contributed by atoms with Crippen LogP contribution in [0.5, 0.6) is 0 Å². The molecule has 38 heavy (non-hydrogen) atoms. The second-order valence-electron chi connectivity index (χ2n) is 14.8. The first kappa shape index (κ1) is 28.0. The molecule has 0 heterocycles. The lowest BCUT2D eigenvalue weighted by Crippen LogP contribution is -2.55. The van der Waals surface area contributed by atoms with Gasteiger partial charge in [-0.2, -0.15) is 0 Å². The van der Waals surface area contributed by atoms with E-state index >= 15 is 0 Å². The maximum atomic E-state index is 4.99. The molecule has 2 nitrogen and oxygen atoms in total. The van der Waals surface area contributed by atoms with Crippen LogP contribution >= 0.6 is 0 Å². The Morgan fingerprint density at radius 3 is 2.50 bits per heavy atom. The van der Waals surface area contributed by atoms with E-state index < -0.39 is 0 Å². The molecule has 210 valence electrons. The van der Waals surface area contributed by atoms with Gasteiger partial charge in [-0.05, 0) is 103 Å². The summed E-state index contributed by atoms with van der Waals surface area (Å²) < 4.78 is 0. The van der Waals surface area contributed by atoms with Gasteiger partial charge in [0.1, 0.15) is 0 Å². The summed E-state index contributed by atoms with van der Waals surface area (Å²) in [5, 5.41) is 4.33. The van der Waals surface area contributed by atoms with Crippen LogP contribution < -0.4 is 0 Å². The summed E-state index contributed by atoms with van der Waals surface area (Å²) in [6, 6.07) is 0. The van der Waals surface area contributed by atoms with Gasteiger partial charge in [0.25, 0.3) is 0 Å². The normalized spacial score (nSPS) is 43.3. The van der Waals surface area contributed by atoms with Crippen molar-refractivity contribution in [1.29, 1.82) is 0 Å².